The van der Waals surface area contributed by atoms with Crippen LogP contribution in [0.4, 0.5) is 0 Å². The van der Waals surface area contributed by atoms with Gasteiger partial charge < -0.3 is 9.13 Å². The summed E-state index contributed by atoms with van der Waals surface area (Å²) < 4.78 is 4.12. The average molecular weight is 288 g/mol. The summed E-state index contributed by atoms with van der Waals surface area (Å²) in [5.74, 6) is 0. The number of carbonyl (C=O) groups excluding carboxylic acids is 1. The summed E-state index contributed by atoms with van der Waals surface area (Å²) in [4.78, 5) is 15.3. The zero-order valence-corrected chi connectivity index (χ0v) is 11.8. The summed E-state index contributed by atoms with van der Waals surface area (Å²) in [5, 5.41) is 1.59. The number of aldehydes is 1. The number of hydrogen-bond acceptors (Lipinski definition) is 2. The molecule has 0 saturated heterocycles. The molecule has 3 aromatic rings. The Kier molecular flexibility index (Phi) is 3.32. The summed E-state index contributed by atoms with van der Waals surface area (Å²) in [6.45, 7) is 3.61. The first-order valence-electron chi connectivity index (χ1n) is 6.45. The van der Waals surface area contributed by atoms with E-state index in [0.717, 1.165) is 29.4 Å². The Morgan fingerprint density at radius 3 is 2.95 bits per heavy atom. The fourth-order valence-electron chi connectivity index (χ4n) is 2.46. The van der Waals surface area contributed by atoms with Crippen LogP contribution in [-0.4, -0.2) is 20.4 Å². The van der Waals surface area contributed by atoms with Gasteiger partial charge in [0.25, 0.3) is 0 Å². The van der Waals surface area contributed by atoms with E-state index in [9.17, 15) is 4.79 Å². The van der Waals surface area contributed by atoms with E-state index in [4.69, 9.17) is 11.6 Å². The Labute approximate surface area is 121 Å². The van der Waals surface area contributed by atoms with Gasteiger partial charge >= 0.3 is 0 Å². The van der Waals surface area contributed by atoms with Crippen LogP contribution in [0.2, 0.25) is 5.02 Å². The summed E-state index contributed by atoms with van der Waals surface area (Å²) >= 11 is 6.06. The molecule has 0 bridgehead atoms. The lowest BCUT2D eigenvalue weighted by Crippen LogP contribution is -2.05. The number of nitrogens with zero attached hydrogens (tertiary/aromatic N) is 3. The second-order valence-electron chi connectivity index (χ2n) is 4.66. The van der Waals surface area contributed by atoms with Crippen molar-refractivity contribution in [3.05, 3.63) is 53.2 Å². The van der Waals surface area contributed by atoms with Gasteiger partial charge in [-0.05, 0) is 19.1 Å². The van der Waals surface area contributed by atoms with E-state index in [1.807, 2.05) is 35.4 Å². The first-order chi connectivity index (χ1) is 9.72. The first kappa shape index (κ1) is 12.9. The standard InChI is InChI=1S/C15H14ClN3O/c1-2-18-10-17-6-13(18)8-19-7-11(9-20)14-4-3-12(16)5-15(14)19/h3-7,9-10H,2,8H2,1H3. The molecule has 0 saturated carbocycles. The van der Waals surface area contributed by atoms with Crippen molar-refractivity contribution < 1.29 is 4.79 Å². The van der Waals surface area contributed by atoms with Crippen molar-refractivity contribution in [2.45, 2.75) is 20.0 Å². The van der Waals surface area contributed by atoms with Crippen LogP contribution in [0.3, 0.4) is 0 Å². The molecule has 1 aromatic carbocycles. The SMILES string of the molecule is CCn1cncc1Cn1cc(C=O)c2ccc(Cl)cc21. The van der Waals surface area contributed by atoms with Crippen LogP contribution >= 0.6 is 11.6 Å². The highest BCUT2D eigenvalue weighted by Crippen LogP contribution is 2.24. The van der Waals surface area contributed by atoms with Crippen LogP contribution in [0.5, 0.6) is 0 Å². The Morgan fingerprint density at radius 2 is 2.20 bits per heavy atom. The first-order valence-corrected chi connectivity index (χ1v) is 6.83. The summed E-state index contributed by atoms with van der Waals surface area (Å²) in [6, 6.07) is 5.57. The lowest BCUT2D eigenvalue weighted by Gasteiger charge is -2.08. The maximum absolute atomic E-state index is 11.2. The highest BCUT2D eigenvalue weighted by atomic mass is 35.5. The third-order valence-corrected chi connectivity index (χ3v) is 3.71. The van der Waals surface area contributed by atoms with Gasteiger partial charge in [-0.15, -0.1) is 0 Å². The molecule has 0 spiro atoms. The summed E-state index contributed by atoms with van der Waals surface area (Å²) in [7, 11) is 0. The minimum absolute atomic E-state index is 0.665. The van der Waals surface area contributed by atoms with E-state index in [-0.39, 0.29) is 0 Å². The molecule has 0 aliphatic carbocycles. The predicted octanol–water partition coefficient (Wildman–Crippen LogP) is 3.37. The van der Waals surface area contributed by atoms with Crippen molar-refractivity contribution in [3.63, 3.8) is 0 Å². The molecule has 2 heterocycles. The van der Waals surface area contributed by atoms with Gasteiger partial charge in [0.2, 0.25) is 0 Å². The fraction of sp³-hybridized carbons (Fsp3) is 0.200. The van der Waals surface area contributed by atoms with Gasteiger partial charge in [-0.1, -0.05) is 17.7 Å². The molecule has 0 aliphatic rings. The van der Waals surface area contributed by atoms with Crippen molar-refractivity contribution in [3.8, 4) is 0 Å². The van der Waals surface area contributed by atoms with Crippen molar-refractivity contribution >= 4 is 28.8 Å². The molecule has 5 heteroatoms. The van der Waals surface area contributed by atoms with E-state index in [0.29, 0.717) is 17.1 Å². The van der Waals surface area contributed by atoms with E-state index in [1.54, 1.807) is 6.07 Å². The number of imidazole rings is 1. The third-order valence-electron chi connectivity index (χ3n) is 3.47. The molecule has 0 radical (unpaired) electrons. The molecule has 0 N–H and O–H groups in total. The van der Waals surface area contributed by atoms with Crippen LogP contribution in [-0.2, 0) is 13.1 Å². The number of fused-ring (bicyclic) bond motifs is 1. The molecule has 0 amide bonds. The topological polar surface area (TPSA) is 39.8 Å². The third kappa shape index (κ3) is 2.12. The molecule has 0 aliphatic heterocycles. The Hall–Kier alpha value is -2.07. The monoisotopic (exact) mass is 287 g/mol. The minimum atomic E-state index is 0.665. The van der Waals surface area contributed by atoms with Gasteiger partial charge in [0.15, 0.2) is 6.29 Å². The van der Waals surface area contributed by atoms with Crippen molar-refractivity contribution in [2.75, 3.05) is 0 Å². The van der Waals surface area contributed by atoms with Crippen LogP contribution < -0.4 is 0 Å². The van der Waals surface area contributed by atoms with Crippen LogP contribution in [0, 0.1) is 0 Å². The smallest absolute Gasteiger partial charge is 0.152 e. The Morgan fingerprint density at radius 1 is 1.35 bits per heavy atom. The zero-order chi connectivity index (χ0) is 14.1. The molecule has 4 nitrogen and oxygen atoms in total. The van der Waals surface area contributed by atoms with Crippen molar-refractivity contribution in [2.24, 2.45) is 0 Å². The second kappa shape index (κ2) is 5.13. The highest BCUT2D eigenvalue weighted by Gasteiger charge is 2.10. The van der Waals surface area contributed by atoms with Crippen LogP contribution in [0.15, 0.2) is 36.9 Å². The molecule has 2 aromatic heterocycles. The zero-order valence-electron chi connectivity index (χ0n) is 11.1. The fourth-order valence-corrected chi connectivity index (χ4v) is 2.62. The van der Waals surface area contributed by atoms with Gasteiger partial charge in [-0.2, -0.15) is 0 Å². The van der Waals surface area contributed by atoms with E-state index >= 15 is 0 Å². The van der Waals surface area contributed by atoms with Crippen LogP contribution in [0.25, 0.3) is 10.9 Å². The minimum Gasteiger partial charge on any atom is -0.341 e. The molecular formula is C15H14ClN3O. The number of benzene rings is 1. The molecule has 0 unspecified atom stereocenters. The number of halogens is 1. The van der Waals surface area contributed by atoms with E-state index in [1.165, 1.54) is 0 Å². The number of rotatable bonds is 4. The van der Waals surface area contributed by atoms with Gasteiger partial charge in [-0.25, -0.2) is 4.98 Å². The highest BCUT2D eigenvalue weighted by molar-refractivity contribution is 6.31. The van der Waals surface area contributed by atoms with Crippen LogP contribution in [0.1, 0.15) is 23.0 Å². The van der Waals surface area contributed by atoms with Crippen molar-refractivity contribution in [1.82, 2.24) is 14.1 Å². The van der Waals surface area contributed by atoms with Gasteiger partial charge in [0, 0.05) is 34.9 Å². The van der Waals surface area contributed by atoms with E-state index in [2.05, 4.69) is 16.5 Å². The van der Waals surface area contributed by atoms with Gasteiger partial charge in [0.1, 0.15) is 0 Å². The average Bonchev–Trinajstić information content (AvgIpc) is 3.03. The quantitative estimate of drug-likeness (QED) is 0.690. The van der Waals surface area contributed by atoms with Gasteiger partial charge in [0.05, 0.1) is 24.1 Å². The molecule has 3 rings (SSSR count). The number of aryl methyl sites for hydroxylation is 1. The molecule has 20 heavy (non-hydrogen) atoms. The lowest BCUT2D eigenvalue weighted by atomic mass is 10.2. The summed E-state index contributed by atoms with van der Waals surface area (Å²) in [6.07, 6.45) is 6.40. The number of carbonyl (C=O) groups is 1. The predicted molar refractivity (Wildman–Crippen MR) is 79.3 cm³/mol. The normalized spacial score (nSPS) is 11.1. The molecule has 0 fully saturated rings. The lowest BCUT2D eigenvalue weighted by molar-refractivity contribution is 0.112. The summed E-state index contributed by atoms with van der Waals surface area (Å²) in [5.41, 5.74) is 2.74. The maximum Gasteiger partial charge on any atom is 0.152 e. The molecular weight excluding hydrogens is 274 g/mol. The number of hydrogen-bond donors (Lipinski definition) is 0. The maximum atomic E-state index is 11.2. The van der Waals surface area contributed by atoms with E-state index < -0.39 is 0 Å². The largest absolute Gasteiger partial charge is 0.341 e. The van der Waals surface area contributed by atoms with Gasteiger partial charge in [-0.3, -0.25) is 4.79 Å². The Balaban J connectivity index is 2.11. The molecule has 102 valence electrons. The Bertz CT molecular complexity index is 773. The number of aromatic nitrogens is 3. The second-order valence-corrected chi connectivity index (χ2v) is 5.10. The molecule has 0 atom stereocenters. The van der Waals surface area contributed by atoms with Crippen molar-refractivity contribution in [1.29, 1.82) is 0 Å².